The van der Waals surface area contributed by atoms with Crippen molar-refractivity contribution >= 4 is 6.08 Å². The van der Waals surface area contributed by atoms with E-state index in [-0.39, 0.29) is 5.82 Å². The molecule has 2 nitrogen and oxygen atoms in total. The van der Waals surface area contributed by atoms with Gasteiger partial charge in [-0.15, -0.1) is 0 Å². The van der Waals surface area contributed by atoms with Gasteiger partial charge in [-0.1, -0.05) is 92.6 Å². The lowest BCUT2D eigenvalue weighted by atomic mass is 9.90. The van der Waals surface area contributed by atoms with E-state index < -0.39 is 0 Å². The predicted octanol–water partition coefficient (Wildman–Crippen LogP) is 8.58. The van der Waals surface area contributed by atoms with Crippen LogP contribution in [0.3, 0.4) is 0 Å². The Labute approximate surface area is 218 Å². The van der Waals surface area contributed by atoms with Gasteiger partial charge in [-0.05, 0) is 70.5 Å². The first-order valence-electron chi connectivity index (χ1n) is 12.2. The molecule has 4 rings (SSSR count). The van der Waals surface area contributed by atoms with Crippen molar-refractivity contribution in [1.82, 2.24) is 4.57 Å². The molecule has 0 aliphatic heterocycles. The van der Waals surface area contributed by atoms with Gasteiger partial charge < -0.3 is 4.57 Å². The second-order valence-corrected chi connectivity index (χ2v) is 8.97. The third-order valence-corrected chi connectivity index (χ3v) is 6.68. The third-order valence-electron chi connectivity index (χ3n) is 6.68. The van der Waals surface area contributed by atoms with Crippen LogP contribution in [0.4, 0.5) is 4.39 Å². The van der Waals surface area contributed by atoms with Crippen LogP contribution in [-0.2, 0) is 7.05 Å². The smallest absolute Gasteiger partial charge is 0.138 e. The van der Waals surface area contributed by atoms with Crippen LogP contribution >= 0.6 is 0 Å². The number of aryl methyl sites for hydroxylation is 2. The van der Waals surface area contributed by atoms with Gasteiger partial charge in [-0.3, -0.25) is 0 Å². The first-order valence-corrected chi connectivity index (χ1v) is 12.2. The Morgan fingerprint density at radius 3 is 2.14 bits per heavy atom. The van der Waals surface area contributed by atoms with Gasteiger partial charge in [-0.25, -0.2) is 9.38 Å². The van der Waals surface area contributed by atoms with Gasteiger partial charge in [0.25, 0.3) is 0 Å². The van der Waals surface area contributed by atoms with E-state index in [2.05, 4.69) is 30.8 Å². The highest BCUT2D eigenvalue weighted by atomic mass is 19.1. The molecule has 0 spiro atoms. The number of halogens is 1. The van der Waals surface area contributed by atoms with Crippen molar-refractivity contribution in [3.8, 4) is 33.4 Å². The Kier molecular flexibility index (Phi) is 7.64. The first kappa shape index (κ1) is 25.6. The Balaban J connectivity index is 1.82. The molecule has 0 fully saturated rings. The molecule has 3 aromatic carbocycles. The normalized spacial score (nSPS) is 11.2. The number of benzene rings is 3. The molecule has 4 aromatic rings. The fourth-order valence-corrected chi connectivity index (χ4v) is 4.46. The summed E-state index contributed by atoms with van der Waals surface area (Å²) < 4.78 is 17.9. The van der Waals surface area contributed by atoms with E-state index >= 15 is 4.39 Å². The van der Waals surface area contributed by atoms with E-state index in [0.717, 1.165) is 50.0 Å². The maximum atomic E-state index is 16.0. The van der Waals surface area contributed by atoms with Crippen molar-refractivity contribution in [3.63, 3.8) is 0 Å². The fraction of sp³-hybridized carbons (Fsp3) is 0.0882. The highest BCUT2D eigenvalue weighted by molar-refractivity contribution is 5.81. The minimum atomic E-state index is -0.227. The van der Waals surface area contributed by atoms with Gasteiger partial charge in [0.2, 0.25) is 0 Å². The topological polar surface area (TPSA) is 17.3 Å². The summed E-state index contributed by atoms with van der Waals surface area (Å²) in [6.07, 6.45) is 8.97. The lowest BCUT2D eigenvalue weighted by Crippen LogP contribution is -2.16. The molecular formula is C34H31FN2. The van der Waals surface area contributed by atoms with Crippen LogP contribution in [0.25, 0.3) is 39.5 Å². The molecule has 3 heteroatoms. The van der Waals surface area contributed by atoms with E-state index in [9.17, 15) is 0 Å². The van der Waals surface area contributed by atoms with Gasteiger partial charge in [0, 0.05) is 30.6 Å². The van der Waals surface area contributed by atoms with Crippen molar-refractivity contribution in [3.05, 3.63) is 145 Å². The molecule has 1 heterocycles. The summed E-state index contributed by atoms with van der Waals surface area (Å²) >= 11 is 0. The van der Waals surface area contributed by atoms with Crippen molar-refractivity contribution in [2.24, 2.45) is 12.0 Å². The van der Waals surface area contributed by atoms with Gasteiger partial charge in [-0.2, -0.15) is 0 Å². The molecule has 0 bridgehead atoms. The van der Waals surface area contributed by atoms with E-state index in [1.807, 2.05) is 98.4 Å². The van der Waals surface area contributed by atoms with Crippen LogP contribution in [0.15, 0.2) is 122 Å². The molecular weight excluding hydrogens is 455 g/mol. The van der Waals surface area contributed by atoms with Crippen LogP contribution in [0.1, 0.15) is 16.7 Å². The standard InChI is InChI=1S/C34H31FN2/c1-7-25(8-2)22-36-33-21-28(18-19-37(33)6)29-12-10-13-30(24(29)5)32-15-11-14-31(34(32)35)27-17-16-26(9-3)23(4)20-27/h7-22H,1-3H2,4-6H3. The highest BCUT2D eigenvalue weighted by Gasteiger charge is 2.16. The number of allylic oxidation sites excluding steroid dienone is 3. The van der Waals surface area contributed by atoms with Crippen LogP contribution in [-0.4, -0.2) is 4.57 Å². The summed E-state index contributed by atoms with van der Waals surface area (Å²) in [6.45, 7) is 15.5. The average molecular weight is 487 g/mol. The number of aromatic nitrogens is 1. The number of nitrogens with zero attached hydrogens (tertiary/aromatic N) is 2. The Bertz CT molecular complexity index is 1610. The predicted molar refractivity (Wildman–Crippen MR) is 155 cm³/mol. The van der Waals surface area contributed by atoms with Crippen LogP contribution in [0.5, 0.6) is 0 Å². The molecule has 0 N–H and O–H groups in total. The number of pyridine rings is 1. The minimum absolute atomic E-state index is 0.227. The summed E-state index contributed by atoms with van der Waals surface area (Å²) in [5.74, 6) is -0.227. The van der Waals surface area contributed by atoms with Crippen LogP contribution < -0.4 is 5.49 Å². The minimum Gasteiger partial charge on any atom is -0.336 e. The zero-order chi connectivity index (χ0) is 26.5. The monoisotopic (exact) mass is 486 g/mol. The van der Waals surface area contributed by atoms with Gasteiger partial charge in [0.05, 0.1) is 0 Å². The Morgan fingerprint density at radius 2 is 1.46 bits per heavy atom. The second-order valence-electron chi connectivity index (χ2n) is 8.97. The lowest BCUT2D eigenvalue weighted by molar-refractivity contribution is 0.634. The maximum absolute atomic E-state index is 16.0. The lowest BCUT2D eigenvalue weighted by Gasteiger charge is -2.15. The molecule has 0 saturated heterocycles. The van der Waals surface area contributed by atoms with Crippen molar-refractivity contribution in [1.29, 1.82) is 0 Å². The summed E-state index contributed by atoms with van der Waals surface area (Å²) in [5, 5.41) is 0. The molecule has 1 aromatic heterocycles. The summed E-state index contributed by atoms with van der Waals surface area (Å²) in [7, 11) is 1.95. The zero-order valence-electron chi connectivity index (χ0n) is 21.6. The Hall–Kier alpha value is -4.50. The van der Waals surface area contributed by atoms with Crippen molar-refractivity contribution in [2.75, 3.05) is 0 Å². The van der Waals surface area contributed by atoms with Gasteiger partial charge in [0.15, 0.2) is 0 Å². The SMILES string of the molecule is C=CC(C=C)=CN=c1cc(-c2cccc(-c3cccc(-c4ccc(C=C)c(C)c4)c3F)c2C)ccn1C. The van der Waals surface area contributed by atoms with Gasteiger partial charge >= 0.3 is 0 Å². The highest BCUT2D eigenvalue weighted by Crippen LogP contribution is 2.36. The van der Waals surface area contributed by atoms with Crippen LogP contribution in [0, 0.1) is 19.7 Å². The fourth-order valence-electron chi connectivity index (χ4n) is 4.46. The average Bonchev–Trinajstić information content (AvgIpc) is 2.91. The molecule has 0 atom stereocenters. The van der Waals surface area contributed by atoms with Crippen molar-refractivity contribution < 1.29 is 4.39 Å². The molecule has 184 valence electrons. The first-order chi connectivity index (χ1) is 17.9. The quantitative estimate of drug-likeness (QED) is 0.233. The Morgan fingerprint density at radius 1 is 0.811 bits per heavy atom. The molecule has 0 aliphatic carbocycles. The summed E-state index contributed by atoms with van der Waals surface area (Å²) in [6, 6.07) is 21.6. The molecule has 0 saturated carbocycles. The number of hydrogen-bond donors (Lipinski definition) is 0. The molecule has 0 amide bonds. The van der Waals surface area contributed by atoms with E-state index in [4.69, 9.17) is 0 Å². The largest absolute Gasteiger partial charge is 0.336 e. The summed E-state index contributed by atoms with van der Waals surface area (Å²) in [5.41, 5.74) is 9.67. The summed E-state index contributed by atoms with van der Waals surface area (Å²) in [4.78, 5) is 4.62. The second kappa shape index (κ2) is 11.0. The molecule has 37 heavy (non-hydrogen) atoms. The zero-order valence-corrected chi connectivity index (χ0v) is 21.6. The van der Waals surface area contributed by atoms with Gasteiger partial charge in [0.1, 0.15) is 11.3 Å². The molecule has 0 aliphatic rings. The van der Waals surface area contributed by atoms with E-state index in [1.165, 1.54) is 0 Å². The molecule has 0 radical (unpaired) electrons. The van der Waals surface area contributed by atoms with E-state index in [0.29, 0.717) is 11.1 Å². The third kappa shape index (κ3) is 5.22. The van der Waals surface area contributed by atoms with Crippen LogP contribution in [0.2, 0.25) is 0 Å². The molecule has 0 unspecified atom stereocenters. The number of rotatable bonds is 7. The maximum Gasteiger partial charge on any atom is 0.138 e. The van der Waals surface area contributed by atoms with E-state index in [1.54, 1.807) is 18.4 Å². The number of hydrogen-bond acceptors (Lipinski definition) is 1. The van der Waals surface area contributed by atoms with Crippen molar-refractivity contribution in [2.45, 2.75) is 13.8 Å².